The summed E-state index contributed by atoms with van der Waals surface area (Å²) in [5, 5.41) is 0. The molecule has 3 heteroatoms. The first-order valence-electron chi connectivity index (χ1n) is 4.93. The van der Waals surface area contributed by atoms with Crippen molar-refractivity contribution < 1.29 is 14.2 Å². The highest BCUT2D eigenvalue weighted by Gasteiger charge is 2.17. The number of rotatable bonds is 4. The number of hydrogen-bond donors (Lipinski definition) is 0. The van der Waals surface area contributed by atoms with Gasteiger partial charge in [-0.15, -0.1) is 0 Å². The molecule has 1 heterocycles. The Balaban J connectivity index is 2.06. The number of benzene rings is 1. The van der Waals surface area contributed by atoms with Crippen LogP contribution in [0.5, 0.6) is 17.2 Å². The van der Waals surface area contributed by atoms with Crippen molar-refractivity contribution in [1.29, 1.82) is 0 Å². The number of fused-ring (bicyclic) bond motifs is 1. The molecule has 0 N–H and O–H groups in total. The van der Waals surface area contributed by atoms with Crippen LogP contribution in [0, 0.1) is 0 Å². The molecule has 0 atom stereocenters. The molecular weight excluding hydrogens is 180 g/mol. The Kier molecular flexibility index (Phi) is 2.77. The van der Waals surface area contributed by atoms with Gasteiger partial charge in [0.1, 0.15) is 0 Å². The monoisotopic (exact) mass is 194 g/mol. The van der Waals surface area contributed by atoms with Crippen molar-refractivity contribution in [1.82, 2.24) is 0 Å². The van der Waals surface area contributed by atoms with Crippen molar-refractivity contribution in [3.8, 4) is 17.2 Å². The quantitative estimate of drug-likeness (QED) is 0.689. The molecule has 1 aromatic carbocycles. The molecule has 3 nitrogen and oxygen atoms in total. The zero-order chi connectivity index (χ0) is 9.80. The van der Waals surface area contributed by atoms with E-state index in [2.05, 4.69) is 6.92 Å². The molecule has 0 saturated carbocycles. The molecule has 1 aliphatic rings. The van der Waals surface area contributed by atoms with E-state index in [0.717, 1.165) is 36.7 Å². The lowest BCUT2D eigenvalue weighted by Crippen LogP contribution is -1.98. The molecule has 0 saturated heterocycles. The van der Waals surface area contributed by atoms with Gasteiger partial charge in [-0.2, -0.15) is 0 Å². The van der Waals surface area contributed by atoms with E-state index in [9.17, 15) is 0 Å². The van der Waals surface area contributed by atoms with E-state index in [4.69, 9.17) is 14.2 Å². The van der Waals surface area contributed by atoms with Crippen LogP contribution in [0.25, 0.3) is 0 Å². The second-order valence-corrected chi connectivity index (χ2v) is 3.19. The predicted molar refractivity (Wildman–Crippen MR) is 53.0 cm³/mol. The number of unbranched alkanes of at least 4 members (excludes halogenated alkanes) is 1. The van der Waals surface area contributed by atoms with Crippen LogP contribution in [0.1, 0.15) is 19.8 Å². The Morgan fingerprint density at radius 2 is 2.29 bits per heavy atom. The minimum atomic E-state index is 0.295. The molecule has 0 radical (unpaired) electrons. The molecule has 0 spiro atoms. The molecule has 0 bridgehead atoms. The van der Waals surface area contributed by atoms with Crippen molar-refractivity contribution in [2.75, 3.05) is 13.4 Å². The zero-order valence-corrected chi connectivity index (χ0v) is 8.29. The third-order valence-corrected chi connectivity index (χ3v) is 2.12. The summed E-state index contributed by atoms with van der Waals surface area (Å²) in [6.07, 6.45) is 2.19. The second kappa shape index (κ2) is 4.22. The standard InChI is InChI=1S/C11H14O3/c1-2-3-7-12-9-5-4-6-10-11(9)14-8-13-10/h4-6H,2-3,7-8H2,1H3. The Hall–Kier alpha value is -1.38. The van der Waals surface area contributed by atoms with Crippen LogP contribution < -0.4 is 14.2 Å². The van der Waals surface area contributed by atoms with Gasteiger partial charge in [-0.3, -0.25) is 0 Å². The van der Waals surface area contributed by atoms with Gasteiger partial charge in [-0.05, 0) is 18.6 Å². The summed E-state index contributed by atoms with van der Waals surface area (Å²) in [6.45, 7) is 3.16. The van der Waals surface area contributed by atoms with Gasteiger partial charge >= 0.3 is 0 Å². The van der Waals surface area contributed by atoms with Crippen molar-refractivity contribution in [2.24, 2.45) is 0 Å². The van der Waals surface area contributed by atoms with Crippen molar-refractivity contribution >= 4 is 0 Å². The lowest BCUT2D eigenvalue weighted by Gasteiger charge is -2.07. The van der Waals surface area contributed by atoms with Gasteiger partial charge in [0.25, 0.3) is 0 Å². The fourth-order valence-corrected chi connectivity index (χ4v) is 1.34. The van der Waals surface area contributed by atoms with Crippen LogP contribution in [0.4, 0.5) is 0 Å². The number of para-hydroxylation sites is 1. The summed E-state index contributed by atoms with van der Waals surface area (Å²) in [7, 11) is 0. The maximum atomic E-state index is 5.58. The van der Waals surface area contributed by atoms with Crippen molar-refractivity contribution in [2.45, 2.75) is 19.8 Å². The van der Waals surface area contributed by atoms with Crippen molar-refractivity contribution in [3.63, 3.8) is 0 Å². The topological polar surface area (TPSA) is 27.7 Å². The van der Waals surface area contributed by atoms with Crippen molar-refractivity contribution in [3.05, 3.63) is 18.2 Å². The molecule has 0 fully saturated rings. The fraction of sp³-hybridized carbons (Fsp3) is 0.455. The van der Waals surface area contributed by atoms with Gasteiger partial charge < -0.3 is 14.2 Å². The average molecular weight is 194 g/mol. The lowest BCUT2D eigenvalue weighted by molar-refractivity contribution is 0.169. The summed E-state index contributed by atoms with van der Waals surface area (Å²) < 4.78 is 16.1. The van der Waals surface area contributed by atoms with Gasteiger partial charge in [0, 0.05) is 0 Å². The second-order valence-electron chi connectivity index (χ2n) is 3.19. The van der Waals surface area contributed by atoms with Crippen LogP contribution in [-0.2, 0) is 0 Å². The summed E-state index contributed by atoms with van der Waals surface area (Å²) in [5.41, 5.74) is 0. The van der Waals surface area contributed by atoms with E-state index >= 15 is 0 Å². The predicted octanol–water partition coefficient (Wildman–Crippen LogP) is 2.59. The maximum absolute atomic E-state index is 5.58. The van der Waals surface area contributed by atoms with E-state index in [0.29, 0.717) is 6.79 Å². The van der Waals surface area contributed by atoms with E-state index in [-0.39, 0.29) is 0 Å². The van der Waals surface area contributed by atoms with Crippen LogP contribution in [-0.4, -0.2) is 13.4 Å². The smallest absolute Gasteiger partial charge is 0.231 e. The highest BCUT2D eigenvalue weighted by Crippen LogP contribution is 2.40. The minimum Gasteiger partial charge on any atom is -0.490 e. The highest BCUT2D eigenvalue weighted by molar-refractivity contribution is 5.52. The number of hydrogen-bond acceptors (Lipinski definition) is 3. The Labute approximate surface area is 83.6 Å². The van der Waals surface area contributed by atoms with Gasteiger partial charge in [0.15, 0.2) is 11.5 Å². The van der Waals surface area contributed by atoms with Gasteiger partial charge in [0.05, 0.1) is 6.61 Å². The van der Waals surface area contributed by atoms with Gasteiger partial charge in [-0.1, -0.05) is 19.4 Å². The Morgan fingerprint density at radius 3 is 3.14 bits per heavy atom. The average Bonchev–Trinajstić information content (AvgIpc) is 2.67. The van der Waals surface area contributed by atoms with E-state index in [1.165, 1.54) is 0 Å². The molecule has 0 aliphatic carbocycles. The normalized spacial score (nSPS) is 12.9. The third-order valence-electron chi connectivity index (χ3n) is 2.12. The molecular formula is C11H14O3. The van der Waals surface area contributed by atoms with Crippen LogP contribution in [0.3, 0.4) is 0 Å². The summed E-state index contributed by atoms with van der Waals surface area (Å²) in [6, 6.07) is 5.70. The Bertz CT molecular complexity index is 309. The first-order chi connectivity index (χ1) is 6.92. The van der Waals surface area contributed by atoms with Crippen LogP contribution in [0.15, 0.2) is 18.2 Å². The summed E-state index contributed by atoms with van der Waals surface area (Å²) >= 11 is 0. The zero-order valence-electron chi connectivity index (χ0n) is 8.29. The largest absolute Gasteiger partial charge is 0.490 e. The minimum absolute atomic E-state index is 0.295. The molecule has 0 unspecified atom stereocenters. The first kappa shape index (κ1) is 9.19. The highest BCUT2D eigenvalue weighted by atomic mass is 16.7. The molecule has 1 aromatic rings. The number of ether oxygens (including phenoxy) is 3. The summed E-state index contributed by atoms with van der Waals surface area (Å²) in [5.74, 6) is 2.30. The molecule has 1 aliphatic heterocycles. The molecule has 14 heavy (non-hydrogen) atoms. The molecule has 76 valence electrons. The molecule has 0 amide bonds. The SMILES string of the molecule is CCCCOc1cccc2c1OCO2. The maximum Gasteiger partial charge on any atom is 0.231 e. The van der Waals surface area contributed by atoms with Crippen LogP contribution in [0.2, 0.25) is 0 Å². The van der Waals surface area contributed by atoms with Gasteiger partial charge in [0.2, 0.25) is 12.5 Å². The van der Waals surface area contributed by atoms with E-state index in [1.807, 2.05) is 18.2 Å². The third kappa shape index (κ3) is 1.76. The lowest BCUT2D eigenvalue weighted by atomic mass is 10.3. The van der Waals surface area contributed by atoms with E-state index < -0.39 is 0 Å². The Morgan fingerprint density at radius 1 is 1.36 bits per heavy atom. The first-order valence-corrected chi connectivity index (χ1v) is 4.93. The van der Waals surface area contributed by atoms with Crippen LogP contribution >= 0.6 is 0 Å². The summed E-state index contributed by atoms with van der Waals surface area (Å²) in [4.78, 5) is 0. The molecule has 2 rings (SSSR count). The van der Waals surface area contributed by atoms with Gasteiger partial charge in [-0.25, -0.2) is 0 Å². The molecule has 0 aromatic heterocycles. The fourth-order valence-electron chi connectivity index (χ4n) is 1.34. The van der Waals surface area contributed by atoms with E-state index in [1.54, 1.807) is 0 Å².